The van der Waals surface area contributed by atoms with Crippen molar-refractivity contribution in [1.82, 2.24) is 4.90 Å². The maximum Gasteiger partial charge on any atom is 0.222 e. The average molecular weight is 229 g/mol. The molecule has 0 aromatic carbocycles. The van der Waals surface area contributed by atoms with E-state index in [-0.39, 0.29) is 5.91 Å². The Morgan fingerprint density at radius 3 is 2.50 bits per heavy atom. The Morgan fingerprint density at radius 2 is 1.94 bits per heavy atom. The Morgan fingerprint density at radius 1 is 1.25 bits per heavy atom. The molecule has 0 saturated carbocycles. The van der Waals surface area contributed by atoms with Crippen LogP contribution in [0.1, 0.15) is 33.1 Å². The third-order valence-corrected chi connectivity index (χ3v) is 2.88. The zero-order chi connectivity index (χ0) is 11.8. The molecule has 0 N–H and O–H groups in total. The van der Waals surface area contributed by atoms with Gasteiger partial charge >= 0.3 is 0 Å². The quantitative estimate of drug-likeness (QED) is 0.647. The number of amides is 1. The third kappa shape index (κ3) is 4.49. The summed E-state index contributed by atoms with van der Waals surface area (Å²) in [6.45, 7) is 7.65. The highest BCUT2D eigenvalue weighted by atomic mass is 16.5. The molecule has 0 aliphatic carbocycles. The standard InChI is InChI=1S/C12H23NO3/c1-3-12(14)13-7-5-11(6-8-13)16-10-9-15-4-2/h11H,3-10H2,1-2H3. The first-order valence-electron chi connectivity index (χ1n) is 6.25. The maximum absolute atomic E-state index is 11.4. The molecular formula is C12H23NO3. The molecule has 1 amide bonds. The number of carbonyl (C=O) groups is 1. The summed E-state index contributed by atoms with van der Waals surface area (Å²) in [4.78, 5) is 13.4. The van der Waals surface area contributed by atoms with Crippen LogP contribution in [0.15, 0.2) is 0 Å². The summed E-state index contributed by atoms with van der Waals surface area (Å²) in [5.74, 6) is 0.257. The summed E-state index contributed by atoms with van der Waals surface area (Å²) in [5, 5.41) is 0. The van der Waals surface area contributed by atoms with Crippen molar-refractivity contribution < 1.29 is 14.3 Å². The van der Waals surface area contributed by atoms with Crippen LogP contribution in [0.5, 0.6) is 0 Å². The lowest BCUT2D eigenvalue weighted by atomic mass is 10.1. The van der Waals surface area contributed by atoms with Gasteiger partial charge in [-0.25, -0.2) is 0 Å². The first-order valence-corrected chi connectivity index (χ1v) is 6.25. The molecule has 1 rings (SSSR count). The van der Waals surface area contributed by atoms with Crippen LogP contribution in [-0.2, 0) is 14.3 Å². The second-order valence-electron chi connectivity index (χ2n) is 4.00. The van der Waals surface area contributed by atoms with Crippen LogP contribution in [0.4, 0.5) is 0 Å². The molecule has 1 heterocycles. The van der Waals surface area contributed by atoms with Crippen molar-refractivity contribution in [3.8, 4) is 0 Å². The first kappa shape index (κ1) is 13.5. The van der Waals surface area contributed by atoms with Crippen LogP contribution >= 0.6 is 0 Å². The second-order valence-corrected chi connectivity index (χ2v) is 4.00. The number of nitrogens with zero attached hydrogens (tertiary/aromatic N) is 1. The highest BCUT2D eigenvalue weighted by Crippen LogP contribution is 2.14. The molecule has 4 heteroatoms. The molecule has 94 valence electrons. The van der Waals surface area contributed by atoms with Gasteiger partial charge in [-0.3, -0.25) is 4.79 Å². The van der Waals surface area contributed by atoms with Gasteiger partial charge in [-0.1, -0.05) is 6.92 Å². The van der Waals surface area contributed by atoms with Crippen molar-refractivity contribution in [3.63, 3.8) is 0 Å². The molecule has 0 spiro atoms. The fraction of sp³-hybridized carbons (Fsp3) is 0.917. The Bertz CT molecular complexity index is 200. The number of rotatable bonds is 6. The van der Waals surface area contributed by atoms with Gasteiger partial charge in [0.2, 0.25) is 5.91 Å². The Labute approximate surface area is 97.9 Å². The van der Waals surface area contributed by atoms with E-state index in [0.29, 0.717) is 25.7 Å². The minimum atomic E-state index is 0.257. The van der Waals surface area contributed by atoms with Crippen LogP contribution in [0.25, 0.3) is 0 Å². The number of carbonyl (C=O) groups excluding carboxylic acids is 1. The van der Waals surface area contributed by atoms with Crippen LogP contribution in [0.3, 0.4) is 0 Å². The first-order chi connectivity index (χ1) is 7.77. The Kier molecular flexibility index (Phi) is 6.42. The van der Waals surface area contributed by atoms with Gasteiger partial charge in [0.25, 0.3) is 0 Å². The normalized spacial score (nSPS) is 17.8. The lowest BCUT2D eigenvalue weighted by Gasteiger charge is -2.31. The maximum atomic E-state index is 11.4. The molecule has 1 saturated heterocycles. The molecule has 1 aliphatic rings. The van der Waals surface area contributed by atoms with Crippen molar-refractivity contribution in [2.45, 2.75) is 39.2 Å². The van der Waals surface area contributed by atoms with E-state index >= 15 is 0 Å². The summed E-state index contributed by atoms with van der Waals surface area (Å²) in [6, 6.07) is 0. The zero-order valence-corrected chi connectivity index (χ0v) is 10.4. The van der Waals surface area contributed by atoms with E-state index in [0.717, 1.165) is 32.5 Å². The molecule has 1 fully saturated rings. The fourth-order valence-electron chi connectivity index (χ4n) is 1.91. The van der Waals surface area contributed by atoms with Gasteiger partial charge in [-0.05, 0) is 19.8 Å². The van der Waals surface area contributed by atoms with Gasteiger partial charge in [0.05, 0.1) is 19.3 Å². The average Bonchev–Trinajstić information content (AvgIpc) is 2.34. The van der Waals surface area contributed by atoms with Gasteiger partial charge in [-0.2, -0.15) is 0 Å². The van der Waals surface area contributed by atoms with Crippen molar-refractivity contribution in [1.29, 1.82) is 0 Å². The topological polar surface area (TPSA) is 38.8 Å². The molecule has 16 heavy (non-hydrogen) atoms. The van der Waals surface area contributed by atoms with Gasteiger partial charge in [0.1, 0.15) is 0 Å². The smallest absolute Gasteiger partial charge is 0.222 e. The molecule has 0 unspecified atom stereocenters. The number of hydrogen-bond acceptors (Lipinski definition) is 3. The van der Waals surface area contributed by atoms with E-state index < -0.39 is 0 Å². The number of hydrogen-bond donors (Lipinski definition) is 0. The van der Waals surface area contributed by atoms with Crippen LogP contribution < -0.4 is 0 Å². The molecule has 0 bridgehead atoms. The molecular weight excluding hydrogens is 206 g/mol. The van der Waals surface area contributed by atoms with Crippen molar-refractivity contribution in [2.24, 2.45) is 0 Å². The van der Waals surface area contributed by atoms with Crippen LogP contribution in [-0.4, -0.2) is 49.8 Å². The summed E-state index contributed by atoms with van der Waals surface area (Å²) < 4.78 is 10.9. The van der Waals surface area contributed by atoms with E-state index in [1.54, 1.807) is 0 Å². The minimum Gasteiger partial charge on any atom is -0.379 e. The summed E-state index contributed by atoms with van der Waals surface area (Å²) in [5.41, 5.74) is 0. The number of ether oxygens (including phenoxy) is 2. The van der Waals surface area contributed by atoms with Crippen LogP contribution in [0, 0.1) is 0 Å². The molecule has 4 nitrogen and oxygen atoms in total. The molecule has 0 radical (unpaired) electrons. The monoisotopic (exact) mass is 229 g/mol. The number of piperidine rings is 1. The van der Waals surface area contributed by atoms with E-state index in [4.69, 9.17) is 9.47 Å². The number of likely N-dealkylation sites (tertiary alicyclic amines) is 1. The minimum absolute atomic E-state index is 0.257. The Balaban J connectivity index is 2.10. The highest BCUT2D eigenvalue weighted by molar-refractivity contribution is 5.75. The predicted molar refractivity (Wildman–Crippen MR) is 62.3 cm³/mol. The lowest BCUT2D eigenvalue weighted by molar-refractivity contribution is -0.133. The molecule has 0 atom stereocenters. The highest BCUT2D eigenvalue weighted by Gasteiger charge is 2.21. The fourth-order valence-corrected chi connectivity index (χ4v) is 1.91. The third-order valence-electron chi connectivity index (χ3n) is 2.88. The van der Waals surface area contributed by atoms with Gasteiger partial charge in [-0.15, -0.1) is 0 Å². The van der Waals surface area contributed by atoms with Gasteiger partial charge < -0.3 is 14.4 Å². The van der Waals surface area contributed by atoms with Crippen molar-refractivity contribution in [2.75, 3.05) is 32.9 Å². The van der Waals surface area contributed by atoms with E-state index in [9.17, 15) is 4.79 Å². The van der Waals surface area contributed by atoms with E-state index in [1.165, 1.54) is 0 Å². The van der Waals surface area contributed by atoms with Gasteiger partial charge in [0, 0.05) is 26.1 Å². The van der Waals surface area contributed by atoms with Gasteiger partial charge in [0.15, 0.2) is 0 Å². The predicted octanol–water partition coefficient (Wildman–Crippen LogP) is 1.44. The Hall–Kier alpha value is -0.610. The van der Waals surface area contributed by atoms with Crippen molar-refractivity contribution >= 4 is 5.91 Å². The summed E-state index contributed by atoms with van der Waals surface area (Å²) in [6.07, 6.45) is 2.83. The summed E-state index contributed by atoms with van der Waals surface area (Å²) in [7, 11) is 0. The lowest BCUT2D eigenvalue weighted by Crippen LogP contribution is -2.40. The van der Waals surface area contributed by atoms with Crippen LogP contribution in [0.2, 0.25) is 0 Å². The zero-order valence-electron chi connectivity index (χ0n) is 10.4. The van der Waals surface area contributed by atoms with E-state index in [2.05, 4.69) is 0 Å². The SMILES string of the molecule is CCOCCOC1CCN(C(=O)CC)CC1. The van der Waals surface area contributed by atoms with Crippen molar-refractivity contribution in [3.05, 3.63) is 0 Å². The molecule has 0 aromatic heterocycles. The largest absolute Gasteiger partial charge is 0.379 e. The summed E-state index contributed by atoms with van der Waals surface area (Å²) >= 11 is 0. The van der Waals surface area contributed by atoms with E-state index in [1.807, 2.05) is 18.7 Å². The second kappa shape index (κ2) is 7.63. The molecule has 1 aliphatic heterocycles. The molecule has 0 aromatic rings.